The summed E-state index contributed by atoms with van der Waals surface area (Å²) in [6, 6.07) is 12.2. The average Bonchev–Trinajstić information content (AvgIpc) is 2.54. The zero-order valence-electron chi connectivity index (χ0n) is 8.32. The van der Waals surface area contributed by atoms with Gasteiger partial charge in [-0.25, -0.2) is 0 Å². The van der Waals surface area contributed by atoms with E-state index in [1.54, 1.807) is 0 Å². The van der Waals surface area contributed by atoms with Gasteiger partial charge in [0.2, 0.25) is 0 Å². The van der Waals surface area contributed by atoms with Gasteiger partial charge in [0.1, 0.15) is 0 Å². The van der Waals surface area contributed by atoms with Crippen LogP contribution in [0.2, 0.25) is 0 Å². The Morgan fingerprint density at radius 2 is 1.93 bits per heavy atom. The first-order valence-corrected chi connectivity index (χ1v) is 6.29. The first-order chi connectivity index (χ1) is 7.24. The van der Waals surface area contributed by atoms with Gasteiger partial charge in [0, 0.05) is 0 Å². The Kier molecular flexibility index (Phi) is 2.64. The zero-order chi connectivity index (χ0) is 10.8. The fraction of sp³-hybridized carbons (Fsp3) is 0.0833. The molecule has 1 aromatic carbocycles. The number of aryl methyl sites for hydroxylation is 1. The molecule has 0 aliphatic rings. The Balaban J connectivity index is 2.69. The Morgan fingerprint density at radius 3 is 2.53 bits per heavy atom. The van der Waals surface area contributed by atoms with E-state index in [9.17, 15) is 0 Å². The van der Waals surface area contributed by atoms with Crippen molar-refractivity contribution in [1.29, 1.82) is 5.26 Å². The summed E-state index contributed by atoms with van der Waals surface area (Å²) in [6.07, 6.45) is 0. The minimum atomic E-state index is 0.149. The molecule has 2 aromatic rings. The molecular formula is C12H10N2Se. The van der Waals surface area contributed by atoms with E-state index < -0.39 is 0 Å². The molecule has 0 atom stereocenters. The van der Waals surface area contributed by atoms with Crippen molar-refractivity contribution in [3.63, 3.8) is 0 Å². The van der Waals surface area contributed by atoms with Crippen LogP contribution in [0.25, 0.3) is 11.1 Å². The fourth-order valence-electron chi connectivity index (χ4n) is 1.63. The molecule has 0 amide bonds. The quantitative estimate of drug-likeness (QED) is 0.800. The van der Waals surface area contributed by atoms with E-state index in [1.807, 2.05) is 30.3 Å². The molecule has 0 aliphatic carbocycles. The van der Waals surface area contributed by atoms with Crippen molar-refractivity contribution in [2.24, 2.45) is 0 Å². The van der Waals surface area contributed by atoms with Gasteiger partial charge in [0.25, 0.3) is 0 Å². The second-order valence-electron chi connectivity index (χ2n) is 3.25. The molecule has 0 radical (unpaired) electrons. The summed E-state index contributed by atoms with van der Waals surface area (Å²) in [5.74, 6) is 0. The Labute approximate surface area is 94.7 Å². The van der Waals surface area contributed by atoms with Crippen LogP contribution in [0.3, 0.4) is 0 Å². The van der Waals surface area contributed by atoms with E-state index in [-0.39, 0.29) is 14.5 Å². The first kappa shape index (κ1) is 10.0. The normalized spacial score (nSPS) is 9.87. The summed E-state index contributed by atoms with van der Waals surface area (Å²) in [5, 5.41) is 9.07. The van der Waals surface area contributed by atoms with Gasteiger partial charge in [-0.1, -0.05) is 0 Å². The molecule has 0 bridgehead atoms. The molecule has 74 valence electrons. The number of anilines is 1. The summed E-state index contributed by atoms with van der Waals surface area (Å²) >= 11 is 0.149. The van der Waals surface area contributed by atoms with Crippen LogP contribution < -0.4 is 5.73 Å². The zero-order valence-corrected chi connectivity index (χ0v) is 10.0. The minimum absolute atomic E-state index is 0.149. The number of hydrogen-bond donors (Lipinski definition) is 1. The molecule has 2 rings (SSSR count). The third-order valence-corrected chi connectivity index (χ3v) is 4.25. The molecule has 0 saturated carbocycles. The van der Waals surface area contributed by atoms with Crippen LogP contribution in [0, 0.1) is 18.3 Å². The molecule has 0 saturated heterocycles. The van der Waals surface area contributed by atoms with Gasteiger partial charge in [-0.2, -0.15) is 0 Å². The monoisotopic (exact) mass is 262 g/mol. The van der Waals surface area contributed by atoms with Gasteiger partial charge < -0.3 is 0 Å². The summed E-state index contributed by atoms with van der Waals surface area (Å²) in [6.45, 7) is 2.06. The van der Waals surface area contributed by atoms with E-state index in [0.717, 1.165) is 15.7 Å². The molecule has 0 unspecified atom stereocenters. The number of nitrogens with two attached hydrogens (primary N) is 1. The molecule has 3 heteroatoms. The third kappa shape index (κ3) is 1.70. The van der Waals surface area contributed by atoms with Gasteiger partial charge in [-0.3, -0.25) is 0 Å². The van der Waals surface area contributed by atoms with Crippen LogP contribution in [-0.2, 0) is 0 Å². The maximum atomic E-state index is 9.07. The molecule has 15 heavy (non-hydrogen) atoms. The van der Waals surface area contributed by atoms with Gasteiger partial charge in [-0.05, 0) is 0 Å². The molecule has 0 aliphatic heterocycles. The first-order valence-electron chi connectivity index (χ1n) is 4.58. The Hall–Kier alpha value is -1.49. The van der Waals surface area contributed by atoms with Crippen LogP contribution in [0.4, 0.5) is 4.56 Å². The molecule has 1 aromatic heterocycles. The topological polar surface area (TPSA) is 49.8 Å². The number of hydrogen-bond acceptors (Lipinski definition) is 2. The molecule has 2 N–H and O–H groups in total. The summed E-state index contributed by atoms with van der Waals surface area (Å²) in [4.78, 5) is 0. The number of nitriles is 1. The standard InChI is InChI=1S/C12H10N2Se/c1-8-11(9-5-3-2-4-6-9)10(7-13)12(14)15-8/h2-6H,14H2,1H3. The van der Waals surface area contributed by atoms with E-state index in [1.165, 1.54) is 4.44 Å². The fourth-order valence-corrected chi connectivity index (χ4v) is 3.52. The second-order valence-corrected chi connectivity index (χ2v) is 5.89. The Bertz CT molecular complexity index is 521. The molecule has 0 fully saturated rings. The van der Waals surface area contributed by atoms with Crippen molar-refractivity contribution < 1.29 is 0 Å². The van der Waals surface area contributed by atoms with Crippen molar-refractivity contribution in [3.8, 4) is 17.2 Å². The molecule has 1 heterocycles. The van der Waals surface area contributed by atoms with Crippen LogP contribution in [0.15, 0.2) is 30.3 Å². The van der Waals surface area contributed by atoms with Crippen LogP contribution >= 0.6 is 0 Å². The molecule has 2 nitrogen and oxygen atoms in total. The second kappa shape index (κ2) is 3.94. The predicted octanol–water partition coefficient (Wildman–Crippen LogP) is 2.17. The number of nitrogen functional groups attached to an aromatic ring is 1. The summed E-state index contributed by atoms with van der Waals surface area (Å²) in [5.41, 5.74) is 8.65. The SMILES string of the molecule is Cc1[se]c(N)c(C#N)c1-c1ccccc1. The maximum absolute atomic E-state index is 9.07. The van der Waals surface area contributed by atoms with Crippen molar-refractivity contribution in [2.75, 3.05) is 5.73 Å². The third-order valence-electron chi connectivity index (χ3n) is 2.29. The van der Waals surface area contributed by atoms with Crippen LogP contribution in [0.1, 0.15) is 10.0 Å². The number of nitrogens with zero attached hydrogens (tertiary/aromatic N) is 1. The van der Waals surface area contributed by atoms with Crippen LogP contribution in [0.5, 0.6) is 0 Å². The van der Waals surface area contributed by atoms with Crippen molar-refractivity contribution >= 4 is 19.1 Å². The summed E-state index contributed by atoms with van der Waals surface area (Å²) in [7, 11) is 0. The van der Waals surface area contributed by atoms with Gasteiger partial charge in [0.15, 0.2) is 0 Å². The van der Waals surface area contributed by atoms with Crippen molar-refractivity contribution in [2.45, 2.75) is 6.92 Å². The molecule has 0 spiro atoms. The van der Waals surface area contributed by atoms with Gasteiger partial charge in [0.05, 0.1) is 0 Å². The predicted molar refractivity (Wildman–Crippen MR) is 62.7 cm³/mol. The summed E-state index contributed by atoms with van der Waals surface area (Å²) < 4.78 is 1.99. The van der Waals surface area contributed by atoms with Crippen molar-refractivity contribution in [1.82, 2.24) is 0 Å². The molecular weight excluding hydrogens is 251 g/mol. The van der Waals surface area contributed by atoms with E-state index >= 15 is 0 Å². The van der Waals surface area contributed by atoms with E-state index in [2.05, 4.69) is 13.0 Å². The van der Waals surface area contributed by atoms with Gasteiger partial charge >= 0.3 is 94.5 Å². The Morgan fingerprint density at radius 1 is 1.27 bits per heavy atom. The van der Waals surface area contributed by atoms with E-state index in [0.29, 0.717) is 5.56 Å². The van der Waals surface area contributed by atoms with E-state index in [4.69, 9.17) is 11.0 Å². The number of benzene rings is 1. The van der Waals surface area contributed by atoms with Crippen LogP contribution in [-0.4, -0.2) is 14.5 Å². The van der Waals surface area contributed by atoms with Gasteiger partial charge in [-0.15, -0.1) is 0 Å². The van der Waals surface area contributed by atoms with Crippen molar-refractivity contribution in [3.05, 3.63) is 40.3 Å². The number of rotatable bonds is 1. The average molecular weight is 261 g/mol.